The maximum atomic E-state index is 11.6. The lowest BCUT2D eigenvalue weighted by Gasteiger charge is -2.13. The summed E-state index contributed by atoms with van der Waals surface area (Å²) >= 11 is 0. The van der Waals surface area contributed by atoms with E-state index in [-0.39, 0.29) is 36.0 Å². The number of aliphatic hydroxyl groups excluding tert-OH is 1. The van der Waals surface area contributed by atoms with Crippen LogP contribution in [-0.2, 0) is 4.74 Å². The molecule has 3 rings (SSSR count). The Kier molecular flexibility index (Phi) is 2.53. The Balaban J connectivity index is 2.05. The van der Waals surface area contributed by atoms with E-state index in [1.54, 1.807) is 4.57 Å². The number of nitrogens with two attached hydrogens (primary N) is 1. The SMILES string of the molecule is Nc1nc2c(ncn2C2CC[C@@H](CO)O2)c(=O)[nH]1. The lowest BCUT2D eigenvalue weighted by molar-refractivity contribution is -0.0207. The standard InChI is InChI=1S/C10H13N5O3/c11-10-13-8-7(9(17)14-10)12-4-15(8)6-2-1-5(3-16)18-6/h4-6,16H,1-3H2,(H3,11,13,14,17)/t5-,6?/m0/s1. The maximum Gasteiger partial charge on any atom is 0.280 e. The van der Waals surface area contributed by atoms with Gasteiger partial charge >= 0.3 is 0 Å². The van der Waals surface area contributed by atoms with Gasteiger partial charge in [-0.05, 0) is 12.8 Å². The van der Waals surface area contributed by atoms with Crippen molar-refractivity contribution in [2.24, 2.45) is 0 Å². The van der Waals surface area contributed by atoms with E-state index in [4.69, 9.17) is 15.6 Å². The molecule has 0 bridgehead atoms. The fraction of sp³-hybridized carbons (Fsp3) is 0.500. The van der Waals surface area contributed by atoms with Gasteiger partial charge in [0.2, 0.25) is 5.95 Å². The first kappa shape index (κ1) is 11.2. The molecule has 3 heterocycles. The average molecular weight is 251 g/mol. The Morgan fingerprint density at radius 1 is 1.61 bits per heavy atom. The highest BCUT2D eigenvalue weighted by Gasteiger charge is 2.27. The number of fused-ring (bicyclic) bond motifs is 1. The second-order valence-corrected chi connectivity index (χ2v) is 4.25. The molecule has 18 heavy (non-hydrogen) atoms. The van der Waals surface area contributed by atoms with E-state index < -0.39 is 0 Å². The summed E-state index contributed by atoms with van der Waals surface area (Å²) in [5, 5.41) is 9.04. The number of ether oxygens (including phenoxy) is 1. The van der Waals surface area contributed by atoms with Gasteiger partial charge in [0.1, 0.15) is 6.23 Å². The van der Waals surface area contributed by atoms with E-state index in [9.17, 15) is 4.79 Å². The number of nitrogens with zero attached hydrogens (tertiary/aromatic N) is 3. The molecule has 1 aliphatic rings. The van der Waals surface area contributed by atoms with Crippen LogP contribution in [0.5, 0.6) is 0 Å². The lowest BCUT2D eigenvalue weighted by Crippen LogP contribution is -2.16. The Bertz CT molecular complexity index is 634. The van der Waals surface area contributed by atoms with Crippen LogP contribution in [0.25, 0.3) is 11.2 Å². The topological polar surface area (TPSA) is 119 Å². The molecule has 0 aromatic carbocycles. The highest BCUT2D eigenvalue weighted by atomic mass is 16.5. The molecule has 2 aromatic heterocycles. The van der Waals surface area contributed by atoms with Crippen molar-refractivity contribution in [2.45, 2.75) is 25.2 Å². The molecule has 8 nitrogen and oxygen atoms in total. The van der Waals surface area contributed by atoms with Gasteiger partial charge < -0.3 is 15.6 Å². The highest BCUT2D eigenvalue weighted by Crippen LogP contribution is 2.29. The van der Waals surface area contributed by atoms with E-state index in [2.05, 4.69) is 15.0 Å². The number of nitrogens with one attached hydrogen (secondary N) is 1. The van der Waals surface area contributed by atoms with Gasteiger partial charge in [0.25, 0.3) is 5.56 Å². The van der Waals surface area contributed by atoms with Crippen LogP contribution in [0.4, 0.5) is 5.95 Å². The van der Waals surface area contributed by atoms with Crippen molar-refractivity contribution in [3.8, 4) is 0 Å². The Morgan fingerprint density at radius 3 is 3.17 bits per heavy atom. The summed E-state index contributed by atoms with van der Waals surface area (Å²) in [6.45, 7) is -0.0146. The third kappa shape index (κ3) is 1.66. The molecule has 0 radical (unpaired) electrons. The predicted octanol–water partition coefficient (Wildman–Crippen LogP) is -0.628. The summed E-state index contributed by atoms with van der Waals surface area (Å²) in [5.41, 5.74) is 5.79. The second kappa shape index (κ2) is 4.07. The normalized spacial score (nSPS) is 23.8. The first-order valence-corrected chi connectivity index (χ1v) is 5.67. The first-order chi connectivity index (χ1) is 8.69. The van der Waals surface area contributed by atoms with Crippen LogP contribution in [0.2, 0.25) is 0 Å². The van der Waals surface area contributed by atoms with Gasteiger partial charge in [-0.3, -0.25) is 14.3 Å². The number of aromatic nitrogens is 4. The summed E-state index contributed by atoms with van der Waals surface area (Å²) in [6.07, 6.45) is 2.58. The molecule has 1 unspecified atom stereocenters. The maximum absolute atomic E-state index is 11.6. The van der Waals surface area contributed by atoms with E-state index in [0.29, 0.717) is 5.65 Å². The molecule has 0 aliphatic carbocycles. The minimum absolute atomic E-state index is 0.0146. The quantitative estimate of drug-likeness (QED) is 0.654. The number of H-pyrrole nitrogens is 1. The van der Waals surface area contributed by atoms with Crippen LogP contribution in [-0.4, -0.2) is 37.3 Å². The number of aromatic amines is 1. The van der Waals surface area contributed by atoms with Crippen molar-refractivity contribution < 1.29 is 9.84 Å². The minimum atomic E-state index is -0.368. The van der Waals surface area contributed by atoms with Crippen molar-refractivity contribution in [1.82, 2.24) is 19.5 Å². The summed E-state index contributed by atoms with van der Waals surface area (Å²) in [6, 6.07) is 0. The Morgan fingerprint density at radius 2 is 2.44 bits per heavy atom. The lowest BCUT2D eigenvalue weighted by atomic mass is 10.2. The smallest absolute Gasteiger partial charge is 0.280 e. The number of nitrogen functional groups attached to an aromatic ring is 1. The molecule has 4 N–H and O–H groups in total. The number of hydrogen-bond donors (Lipinski definition) is 3. The van der Waals surface area contributed by atoms with Crippen LogP contribution in [0.15, 0.2) is 11.1 Å². The monoisotopic (exact) mass is 251 g/mol. The molecule has 0 amide bonds. The van der Waals surface area contributed by atoms with Gasteiger partial charge in [-0.1, -0.05) is 0 Å². The number of aliphatic hydroxyl groups is 1. The average Bonchev–Trinajstić information content (AvgIpc) is 2.93. The summed E-state index contributed by atoms with van der Waals surface area (Å²) in [5.74, 6) is 0.0472. The van der Waals surface area contributed by atoms with Gasteiger partial charge in [-0.15, -0.1) is 0 Å². The Labute approximate surface area is 101 Å². The zero-order valence-corrected chi connectivity index (χ0v) is 9.54. The number of hydrogen-bond acceptors (Lipinski definition) is 6. The largest absolute Gasteiger partial charge is 0.394 e. The molecular weight excluding hydrogens is 238 g/mol. The van der Waals surface area contributed by atoms with Gasteiger partial charge in [-0.25, -0.2) is 4.98 Å². The third-order valence-corrected chi connectivity index (χ3v) is 3.05. The van der Waals surface area contributed by atoms with Crippen LogP contribution in [0.1, 0.15) is 19.1 Å². The zero-order valence-electron chi connectivity index (χ0n) is 9.54. The molecule has 1 fully saturated rings. The predicted molar refractivity (Wildman–Crippen MR) is 62.8 cm³/mol. The van der Waals surface area contributed by atoms with Crippen molar-refractivity contribution in [1.29, 1.82) is 0 Å². The molecule has 2 atom stereocenters. The second-order valence-electron chi connectivity index (χ2n) is 4.25. The van der Waals surface area contributed by atoms with E-state index in [1.165, 1.54) is 6.33 Å². The van der Waals surface area contributed by atoms with Crippen LogP contribution in [0.3, 0.4) is 0 Å². The van der Waals surface area contributed by atoms with Gasteiger partial charge in [0, 0.05) is 0 Å². The number of rotatable bonds is 2. The number of anilines is 1. The Hall–Kier alpha value is -1.93. The van der Waals surface area contributed by atoms with Crippen LogP contribution in [0, 0.1) is 0 Å². The van der Waals surface area contributed by atoms with E-state index in [0.717, 1.165) is 12.8 Å². The third-order valence-electron chi connectivity index (χ3n) is 3.05. The highest BCUT2D eigenvalue weighted by molar-refractivity contribution is 5.70. The summed E-state index contributed by atoms with van der Waals surface area (Å²) in [7, 11) is 0. The molecule has 8 heteroatoms. The van der Waals surface area contributed by atoms with Crippen LogP contribution < -0.4 is 11.3 Å². The molecular formula is C10H13N5O3. The molecule has 2 aromatic rings. The van der Waals surface area contributed by atoms with Crippen molar-refractivity contribution >= 4 is 17.1 Å². The summed E-state index contributed by atoms with van der Waals surface area (Å²) < 4.78 is 7.30. The fourth-order valence-electron chi connectivity index (χ4n) is 2.18. The molecule has 0 saturated carbocycles. The van der Waals surface area contributed by atoms with Crippen LogP contribution >= 0.6 is 0 Å². The first-order valence-electron chi connectivity index (χ1n) is 5.67. The molecule has 1 saturated heterocycles. The number of imidazole rings is 1. The van der Waals surface area contributed by atoms with Crippen molar-refractivity contribution in [2.75, 3.05) is 12.3 Å². The fourth-order valence-corrected chi connectivity index (χ4v) is 2.18. The van der Waals surface area contributed by atoms with Crippen molar-refractivity contribution in [3.63, 3.8) is 0 Å². The van der Waals surface area contributed by atoms with Gasteiger partial charge in [-0.2, -0.15) is 4.98 Å². The molecule has 96 valence electrons. The zero-order chi connectivity index (χ0) is 12.7. The van der Waals surface area contributed by atoms with Gasteiger partial charge in [0.15, 0.2) is 11.2 Å². The minimum Gasteiger partial charge on any atom is -0.394 e. The molecule has 1 aliphatic heterocycles. The summed E-state index contributed by atoms with van der Waals surface area (Å²) in [4.78, 5) is 22.1. The van der Waals surface area contributed by atoms with Crippen molar-refractivity contribution in [3.05, 3.63) is 16.7 Å². The van der Waals surface area contributed by atoms with E-state index in [1.807, 2.05) is 0 Å². The van der Waals surface area contributed by atoms with Gasteiger partial charge in [0.05, 0.1) is 19.0 Å². The van der Waals surface area contributed by atoms with E-state index >= 15 is 0 Å². The molecule has 0 spiro atoms.